The quantitative estimate of drug-likeness (QED) is 0.395. The van der Waals surface area contributed by atoms with Crippen LogP contribution in [0.25, 0.3) is 0 Å². The van der Waals surface area contributed by atoms with Crippen molar-refractivity contribution in [3.8, 4) is 11.5 Å². The van der Waals surface area contributed by atoms with Crippen LogP contribution in [0.1, 0.15) is 44.1 Å². The zero-order valence-corrected chi connectivity index (χ0v) is 22.7. The first kappa shape index (κ1) is 29.0. The van der Waals surface area contributed by atoms with Gasteiger partial charge in [0.1, 0.15) is 11.5 Å². The Kier molecular flexibility index (Phi) is 10.5. The molecule has 0 unspecified atom stereocenters. The lowest BCUT2D eigenvalue weighted by Gasteiger charge is -2.33. The van der Waals surface area contributed by atoms with Crippen LogP contribution in [0.4, 0.5) is 10.5 Å². The molecule has 0 radical (unpaired) electrons. The number of aliphatic hydroxyl groups excluding tert-OH is 1. The third-order valence-corrected chi connectivity index (χ3v) is 7.30. The van der Waals surface area contributed by atoms with Gasteiger partial charge in [0.2, 0.25) is 10.0 Å². The molecule has 1 aliphatic heterocycles. The number of halogens is 1. The average molecular weight is 553 g/mol. The number of rotatable bonds is 8. The van der Waals surface area contributed by atoms with Crippen LogP contribution >= 0.6 is 12.4 Å². The highest BCUT2D eigenvalue weighted by Crippen LogP contribution is 2.24. The van der Waals surface area contributed by atoms with Gasteiger partial charge in [-0.2, -0.15) is 0 Å². The summed E-state index contributed by atoms with van der Waals surface area (Å²) in [7, 11) is -3.31. The normalized spacial score (nSPS) is 20.9. The number of nitrogens with zero attached hydrogens (tertiary/aromatic N) is 1. The molecule has 1 saturated carbocycles. The van der Waals surface area contributed by atoms with Crippen LogP contribution < -0.4 is 20.1 Å². The lowest BCUT2D eigenvalue weighted by Crippen LogP contribution is -2.53. The van der Waals surface area contributed by atoms with E-state index in [1.165, 1.54) is 5.56 Å². The number of anilines is 1. The number of hydrogen-bond acceptors (Lipinski definition) is 6. The number of aliphatic hydroxyl groups is 1. The van der Waals surface area contributed by atoms with Crippen molar-refractivity contribution in [2.24, 2.45) is 0 Å². The molecular formula is C26H37ClN4O5S. The number of urea groups is 1. The summed E-state index contributed by atoms with van der Waals surface area (Å²) in [4.78, 5) is 14.7. The largest absolute Gasteiger partial charge is 0.457 e. The molecule has 9 nitrogen and oxygen atoms in total. The van der Waals surface area contributed by atoms with Crippen LogP contribution in [-0.4, -0.2) is 62.0 Å². The molecule has 1 heterocycles. The molecule has 4 N–H and O–H groups in total. The minimum atomic E-state index is -3.31. The first-order chi connectivity index (χ1) is 17.2. The Morgan fingerprint density at radius 1 is 0.946 bits per heavy atom. The number of carbonyl (C=O) groups is 1. The van der Waals surface area contributed by atoms with Gasteiger partial charge in [-0.3, -0.25) is 9.62 Å². The van der Waals surface area contributed by atoms with Gasteiger partial charge in [0, 0.05) is 31.4 Å². The third kappa shape index (κ3) is 9.37. The van der Waals surface area contributed by atoms with Crippen molar-refractivity contribution >= 4 is 34.1 Å². The van der Waals surface area contributed by atoms with E-state index in [0.717, 1.165) is 64.4 Å². The van der Waals surface area contributed by atoms with Crippen molar-refractivity contribution in [3.63, 3.8) is 0 Å². The first-order valence-corrected chi connectivity index (χ1v) is 14.4. The molecule has 1 saturated heterocycles. The summed E-state index contributed by atoms with van der Waals surface area (Å²) in [5.74, 6) is 1.33. The molecule has 2 atom stereocenters. The molecule has 11 heteroatoms. The topological polar surface area (TPSA) is 120 Å². The summed E-state index contributed by atoms with van der Waals surface area (Å²) < 4.78 is 30.9. The second kappa shape index (κ2) is 13.3. The maximum atomic E-state index is 12.3. The number of likely N-dealkylation sites (tertiary alicyclic amines) is 1. The fraction of sp³-hybridized carbons (Fsp3) is 0.500. The highest BCUT2D eigenvalue weighted by Gasteiger charge is 2.26. The van der Waals surface area contributed by atoms with Crippen molar-refractivity contribution in [3.05, 3.63) is 54.1 Å². The second-order valence-electron chi connectivity index (χ2n) is 9.77. The number of benzene rings is 2. The summed E-state index contributed by atoms with van der Waals surface area (Å²) in [5, 5.41) is 16.1. The Bertz CT molecular complexity index is 1110. The van der Waals surface area contributed by atoms with Gasteiger partial charge in [-0.05, 0) is 67.6 Å². The average Bonchev–Trinajstić information content (AvgIpc) is 2.83. The Morgan fingerprint density at radius 2 is 1.54 bits per heavy atom. The van der Waals surface area contributed by atoms with Crippen LogP contribution in [0.5, 0.6) is 11.5 Å². The van der Waals surface area contributed by atoms with Crippen molar-refractivity contribution in [2.45, 2.75) is 63.3 Å². The smallest absolute Gasteiger partial charge is 0.315 e. The van der Waals surface area contributed by atoms with Gasteiger partial charge in [0.25, 0.3) is 0 Å². The number of sulfonamides is 1. The molecule has 204 valence electrons. The van der Waals surface area contributed by atoms with Crippen molar-refractivity contribution in [2.75, 3.05) is 24.1 Å². The number of nitrogens with one attached hydrogen (secondary N) is 3. The number of ether oxygens (including phenoxy) is 1. The van der Waals surface area contributed by atoms with Crippen LogP contribution in [-0.2, 0) is 16.6 Å². The van der Waals surface area contributed by atoms with Crippen LogP contribution in [0.2, 0.25) is 0 Å². The van der Waals surface area contributed by atoms with Gasteiger partial charge in [-0.25, -0.2) is 13.2 Å². The summed E-state index contributed by atoms with van der Waals surface area (Å²) >= 11 is 0. The predicted molar refractivity (Wildman–Crippen MR) is 147 cm³/mol. The third-order valence-electron chi connectivity index (χ3n) is 6.69. The first-order valence-electron chi connectivity index (χ1n) is 12.6. The molecule has 2 amide bonds. The Labute approximate surface area is 225 Å². The lowest BCUT2D eigenvalue weighted by atomic mass is 9.93. The summed E-state index contributed by atoms with van der Waals surface area (Å²) in [6.45, 7) is 2.64. The monoisotopic (exact) mass is 552 g/mol. The summed E-state index contributed by atoms with van der Waals surface area (Å²) in [6, 6.07) is 14.5. The standard InChI is InChI=1S/C26H36N4O5S.ClH/c1-36(33,34)29-21-8-12-23(13-9-21)35-22-10-6-19(7-11-22)18-30-16-14-20(15-17-30)27-26(32)28-24-4-2-3-5-25(24)31;/h6-13,20,24-25,29,31H,2-5,14-18H2,1H3,(H2,27,28,32);1H/t24-,25-;/m0./s1. The zero-order chi connectivity index (χ0) is 25.5. The fourth-order valence-electron chi connectivity index (χ4n) is 4.77. The van der Waals surface area contributed by atoms with Gasteiger partial charge in [-0.1, -0.05) is 25.0 Å². The fourth-order valence-corrected chi connectivity index (χ4v) is 5.34. The highest BCUT2D eigenvalue weighted by atomic mass is 35.5. The van der Waals surface area contributed by atoms with E-state index in [1.807, 2.05) is 24.3 Å². The predicted octanol–water partition coefficient (Wildman–Crippen LogP) is 3.84. The number of carbonyl (C=O) groups excluding carboxylic acids is 1. The number of hydrogen-bond donors (Lipinski definition) is 4. The molecule has 0 bridgehead atoms. The van der Waals surface area contributed by atoms with E-state index in [1.54, 1.807) is 24.3 Å². The Hall–Kier alpha value is -2.53. The summed E-state index contributed by atoms with van der Waals surface area (Å²) in [5.41, 5.74) is 1.67. The van der Waals surface area contributed by atoms with Crippen LogP contribution in [0.15, 0.2) is 48.5 Å². The van der Waals surface area contributed by atoms with Gasteiger partial charge >= 0.3 is 6.03 Å². The van der Waals surface area contributed by atoms with Crippen molar-refractivity contribution < 1.29 is 23.1 Å². The maximum absolute atomic E-state index is 12.3. The van der Waals surface area contributed by atoms with Gasteiger partial charge in [0.05, 0.1) is 18.4 Å². The molecule has 2 fully saturated rings. The molecule has 2 aromatic carbocycles. The number of amides is 2. The second-order valence-corrected chi connectivity index (χ2v) is 11.5. The number of piperidine rings is 1. The van der Waals surface area contributed by atoms with E-state index in [4.69, 9.17) is 4.74 Å². The Morgan fingerprint density at radius 3 is 2.14 bits per heavy atom. The highest BCUT2D eigenvalue weighted by molar-refractivity contribution is 7.92. The maximum Gasteiger partial charge on any atom is 0.315 e. The SMILES string of the molecule is CS(=O)(=O)Nc1ccc(Oc2ccc(CN3CCC(NC(=O)N[C@H]4CCCC[C@@H]4O)CC3)cc2)cc1.Cl. The molecule has 0 spiro atoms. The van der Waals surface area contributed by atoms with Gasteiger partial charge in [-0.15, -0.1) is 12.4 Å². The molecule has 4 rings (SSSR count). The molecule has 37 heavy (non-hydrogen) atoms. The molecule has 0 aromatic heterocycles. The summed E-state index contributed by atoms with van der Waals surface area (Å²) in [6.07, 6.45) is 6.13. The van der Waals surface area contributed by atoms with Crippen LogP contribution in [0.3, 0.4) is 0 Å². The van der Waals surface area contributed by atoms with Gasteiger partial charge in [0.15, 0.2) is 0 Å². The van der Waals surface area contributed by atoms with E-state index < -0.39 is 16.1 Å². The Balaban J connectivity index is 0.00000380. The van der Waals surface area contributed by atoms with E-state index in [0.29, 0.717) is 17.2 Å². The van der Waals surface area contributed by atoms with E-state index in [2.05, 4.69) is 20.3 Å². The minimum absolute atomic E-state index is 0. The molecule has 2 aliphatic rings. The van der Waals surface area contributed by atoms with E-state index >= 15 is 0 Å². The molecular weight excluding hydrogens is 516 g/mol. The van der Waals surface area contributed by atoms with Crippen LogP contribution in [0, 0.1) is 0 Å². The van der Waals surface area contributed by atoms with Gasteiger partial charge < -0.3 is 20.5 Å². The minimum Gasteiger partial charge on any atom is -0.457 e. The lowest BCUT2D eigenvalue weighted by molar-refractivity contribution is 0.0934. The van der Waals surface area contributed by atoms with E-state index in [9.17, 15) is 18.3 Å². The van der Waals surface area contributed by atoms with Crippen molar-refractivity contribution in [1.29, 1.82) is 0 Å². The van der Waals surface area contributed by atoms with E-state index in [-0.39, 0.29) is 30.5 Å². The molecule has 1 aliphatic carbocycles. The van der Waals surface area contributed by atoms with Crippen molar-refractivity contribution in [1.82, 2.24) is 15.5 Å². The zero-order valence-electron chi connectivity index (χ0n) is 21.1. The molecule has 2 aromatic rings.